The maximum atomic E-state index is 10.8. The summed E-state index contributed by atoms with van der Waals surface area (Å²) in [7, 11) is 0. The number of nitrogens with zero attached hydrogens (tertiary/aromatic N) is 1. The third-order valence-corrected chi connectivity index (χ3v) is 5.23. The molecule has 1 unspecified atom stereocenters. The fourth-order valence-corrected chi connectivity index (χ4v) is 3.55. The van der Waals surface area contributed by atoms with Crippen LogP contribution in [-0.2, 0) is 15.1 Å². The average molecular weight is 414 g/mol. The lowest BCUT2D eigenvalue weighted by Gasteiger charge is -2.40. The van der Waals surface area contributed by atoms with Crippen molar-refractivity contribution in [1.82, 2.24) is 4.90 Å². The van der Waals surface area contributed by atoms with Gasteiger partial charge in [0.05, 0.1) is 19.6 Å². The van der Waals surface area contributed by atoms with E-state index in [0.29, 0.717) is 19.7 Å². The van der Waals surface area contributed by atoms with E-state index >= 15 is 0 Å². The standard InChI is InChI=1S/C22H35NO4.ClH/c1-3-4-5-6-7-8-16-26-20-11-9-19(10-12-20)22(2)18-23(15-17-27-22)14-13-21(24)25;/h9-12H,3-8,13-18H2,1-2H3,(H,24,25);1H. The number of benzene rings is 1. The smallest absolute Gasteiger partial charge is 0.304 e. The van der Waals surface area contributed by atoms with Crippen LogP contribution in [-0.4, -0.2) is 48.8 Å². The van der Waals surface area contributed by atoms with E-state index in [1.54, 1.807) is 0 Å². The van der Waals surface area contributed by atoms with Crippen LogP contribution in [0.25, 0.3) is 0 Å². The van der Waals surface area contributed by atoms with E-state index < -0.39 is 11.6 Å². The largest absolute Gasteiger partial charge is 0.494 e. The number of unbranched alkanes of at least 4 members (excludes halogenated alkanes) is 5. The molecule has 0 aromatic heterocycles. The van der Waals surface area contributed by atoms with E-state index in [1.807, 2.05) is 12.1 Å². The molecule has 1 atom stereocenters. The van der Waals surface area contributed by atoms with Gasteiger partial charge in [0.15, 0.2) is 0 Å². The fourth-order valence-electron chi connectivity index (χ4n) is 3.55. The molecule has 1 heterocycles. The highest BCUT2D eigenvalue weighted by Crippen LogP contribution is 2.30. The molecule has 0 spiro atoms. The number of halogens is 1. The minimum atomic E-state index is -0.755. The van der Waals surface area contributed by atoms with E-state index in [4.69, 9.17) is 14.6 Å². The zero-order valence-corrected chi connectivity index (χ0v) is 18.1. The van der Waals surface area contributed by atoms with Crippen LogP contribution in [0.5, 0.6) is 5.75 Å². The number of hydrogen-bond donors (Lipinski definition) is 1. The summed E-state index contributed by atoms with van der Waals surface area (Å²) in [6.07, 6.45) is 7.74. The van der Waals surface area contributed by atoms with Crippen LogP contribution in [0.3, 0.4) is 0 Å². The van der Waals surface area contributed by atoms with Gasteiger partial charge < -0.3 is 14.6 Å². The minimum Gasteiger partial charge on any atom is -0.494 e. The molecule has 1 aliphatic rings. The summed E-state index contributed by atoms with van der Waals surface area (Å²) in [6.45, 7) is 7.74. The zero-order valence-electron chi connectivity index (χ0n) is 17.3. The Morgan fingerprint density at radius 3 is 2.54 bits per heavy atom. The summed E-state index contributed by atoms with van der Waals surface area (Å²) in [5, 5.41) is 8.89. The second-order valence-electron chi connectivity index (χ2n) is 7.64. The summed E-state index contributed by atoms with van der Waals surface area (Å²) in [5.41, 5.74) is 0.698. The van der Waals surface area contributed by atoms with Crippen molar-refractivity contribution < 1.29 is 19.4 Å². The van der Waals surface area contributed by atoms with Crippen LogP contribution >= 0.6 is 12.4 Å². The highest BCUT2D eigenvalue weighted by Gasteiger charge is 2.33. The van der Waals surface area contributed by atoms with E-state index in [1.165, 1.54) is 32.1 Å². The molecule has 1 fully saturated rings. The van der Waals surface area contributed by atoms with Gasteiger partial charge in [0.1, 0.15) is 11.4 Å². The Bertz CT molecular complexity index is 566. The molecule has 6 heteroatoms. The number of rotatable bonds is 12. The molecule has 0 amide bonds. The third-order valence-electron chi connectivity index (χ3n) is 5.23. The number of carboxylic acid groups (broad SMARTS) is 1. The first-order valence-corrected chi connectivity index (χ1v) is 10.3. The predicted octanol–water partition coefficient (Wildman–Crippen LogP) is 4.87. The molecule has 0 aliphatic carbocycles. The number of morpholine rings is 1. The van der Waals surface area contributed by atoms with E-state index in [-0.39, 0.29) is 18.8 Å². The second-order valence-corrected chi connectivity index (χ2v) is 7.64. The lowest BCUT2D eigenvalue weighted by atomic mass is 9.93. The number of carboxylic acids is 1. The lowest BCUT2D eigenvalue weighted by molar-refractivity contribution is -0.139. The molecule has 0 bridgehead atoms. The molecule has 28 heavy (non-hydrogen) atoms. The predicted molar refractivity (Wildman–Crippen MR) is 115 cm³/mol. The number of hydrogen-bond acceptors (Lipinski definition) is 4. The average Bonchev–Trinajstić information content (AvgIpc) is 2.66. The van der Waals surface area contributed by atoms with Crippen molar-refractivity contribution in [2.75, 3.05) is 32.8 Å². The topological polar surface area (TPSA) is 59.0 Å². The van der Waals surface area contributed by atoms with Gasteiger partial charge in [0, 0.05) is 19.6 Å². The molecule has 2 rings (SSSR count). The Morgan fingerprint density at radius 2 is 1.86 bits per heavy atom. The van der Waals surface area contributed by atoms with Crippen molar-refractivity contribution in [3.05, 3.63) is 29.8 Å². The molecule has 1 aromatic rings. The highest BCUT2D eigenvalue weighted by atomic mass is 35.5. The Balaban J connectivity index is 0.00000392. The molecular weight excluding hydrogens is 378 g/mol. The Labute approximate surface area is 175 Å². The first-order chi connectivity index (χ1) is 13.0. The summed E-state index contributed by atoms with van der Waals surface area (Å²) in [4.78, 5) is 13.0. The quantitative estimate of drug-likeness (QED) is 0.495. The van der Waals surface area contributed by atoms with Crippen molar-refractivity contribution in [2.24, 2.45) is 0 Å². The molecule has 5 nitrogen and oxygen atoms in total. The third kappa shape index (κ3) is 8.38. The first-order valence-electron chi connectivity index (χ1n) is 10.3. The summed E-state index contributed by atoms with van der Waals surface area (Å²) >= 11 is 0. The van der Waals surface area contributed by atoms with Crippen LogP contribution < -0.4 is 4.74 Å². The van der Waals surface area contributed by atoms with Gasteiger partial charge in [-0.05, 0) is 31.0 Å². The number of carbonyl (C=O) groups is 1. The van der Waals surface area contributed by atoms with Crippen molar-refractivity contribution in [3.63, 3.8) is 0 Å². The summed E-state index contributed by atoms with van der Waals surface area (Å²) in [5.74, 6) is 0.143. The van der Waals surface area contributed by atoms with Gasteiger partial charge in [-0.1, -0.05) is 51.2 Å². The zero-order chi connectivity index (χ0) is 19.5. The Morgan fingerprint density at radius 1 is 1.18 bits per heavy atom. The van der Waals surface area contributed by atoms with E-state index in [0.717, 1.165) is 30.9 Å². The van der Waals surface area contributed by atoms with Crippen LogP contribution in [0.1, 0.15) is 64.4 Å². The molecule has 1 aromatic carbocycles. The minimum absolute atomic E-state index is 0. The summed E-state index contributed by atoms with van der Waals surface area (Å²) in [6, 6.07) is 8.16. The molecule has 1 aliphatic heterocycles. The molecule has 1 N–H and O–H groups in total. The van der Waals surface area contributed by atoms with Gasteiger partial charge >= 0.3 is 5.97 Å². The fraction of sp³-hybridized carbons (Fsp3) is 0.682. The van der Waals surface area contributed by atoms with Crippen LogP contribution in [0.4, 0.5) is 0 Å². The Hall–Kier alpha value is -1.30. The molecule has 0 radical (unpaired) electrons. The van der Waals surface area contributed by atoms with Crippen LogP contribution in [0.2, 0.25) is 0 Å². The number of ether oxygens (including phenoxy) is 2. The van der Waals surface area contributed by atoms with Gasteiger partial charge in [-0.25, -0.2) is 0 Å². The van der Waals surface area contributed by atoms with Crippen molar-refractivity contribution in [2.45, 2.75) is 64.4 Å². The SMILES string of the molecule is CCCCCCCCOc1ccc(C2(C)CN(CCC(=O)O)CCO2)cc1.Cl. The Kier molecular flexibility index (Phi) is 11.5. The van der Waals surface area contributed by atoms with E-state index in [9.17, 15) is 4.79 Å². The van der Waals surface area contributed by atoms with E-state index in [2.05, 4.69) is 30.9 Å². The second kappa shape index (κ2) is 13.0. The van der Waals surface area contributed by atoms with Gasteiger partial charge in [-0.15, -0.1) is 12.4 Å². The van der Waals surface area contributed by atoms with Gasteiger partial charge in [-0.3, -0.25) is 9.69 Å². The molecule has 0 saturated carbocycles. The van der Waals surface area contributed by atoms with Crippen LogP contribution in [0.15, 0.2) is 24.3 Å². The van der Waals surface area contributed by atoms with Gasteiger partial charge in [0.25, 0.3) is 0 Å². The monoisotopic (exact) mass is 413 g/mol. The maximum Gasteiger partial charge on any atom is 0.304 e. The summed E-state index contributed by atoms with van der Waals surface area (Å²) < 4.78 is 11.9. The van der Waals surface area contributed by atoms with Crippen molar-refractivity contribution >= 4 is 18.4 Å². The first kappa shape index (κ1) is 24.7. The normalized spacial score (nSPS) is 19.8. The van der Waals surface area contributed by atoms with Gasteiger partial charge in [0.2, 0.25) is 0 Å². The molecular formula is C22H36ClNO4. The molecule has 160 valence electrons. The highest BCUT2D eigenvalue weighted by molar-refractivity contribution is 5.85. The number of aliphatic carboxylic acids is 1. The van der Waals surface area contributed by atoms with Crippen molar-refractivity contribution in [3.8, 4) is 5.75 Å². The maximum absolute atomic E-state index is 10.8. The van der Waals surface area contributed by atoms with Crippen molar-refractivity contribution in [1.29, 1.82) is 0 Å². The van der Waals surface area contributed by atoms with Gasteiger partial charge in [-0.2, -0.15) is 0 Å². The van der Waals surface area contributed by atoms with Crippen LogP contribution in [0, 0.1) is 0 Å². The molecule has 1 saturated heterocycles. The lowest BCUT2D eigenvalue weighted by Crippen LogP contribution is -2.48.